The molecule has 2 unspecified atom stereocenters. The van der Waals surface area contributed by atoms with Crippen molar-refractivity contribution in [2.24, 2.45) is 5.92 Å². The van der Waals surface area contributed by atoms with Gasteiger partial charge in [-0.05, 0) is 108 Å². The SMILES string of the molecule is CN1Cc2cc(N3CCN(CC4CCN(c5ccc(C6c7ccc(O)cc7CCC6c6ccccc6)cc5)CC4)CC3)ccc2C1=O. The van der Waals surface area contributed by atoms with Crippen LogP contribution in [0, 0.1) is 5.92 Å². The van der Waals surface area contributed by atoms with Gasteiger partial charge in [0.15, 0.2) is 0 Å². The molecule has 6 heteroatoms. The van der Waals surface area contributed by atoms with Crippen molar-refractivity contribution in [2.75, 3.05) is 62.7 Å². The molecule has 1 amide bonds. The number of carbonyl (C=O) groups is 1. The van der Waals surface area contributed by atoms with Gasteiger partial charge in [-0.15, -0.1) is 0 Å². The Morgan fingerprint density at radius 2 is 1.43 bits per heavy atom. The molecule has 4 aromatic rings. The highest BCUT2D eigenvalue weighted by Crippen LogP contribution is 2.47. The Hall–Kier alpha value is -4.29. The number of fused-ring (bicyclic) bond motifs is 2. The van der Waals surface area contributed by atoms with Crippen molar-refractivity contribution in [2.45, 2.75) is 44.1 Å². The molecule has 47 heavy (non-hydrogen) atoms. The maximum atomic E-state index is 12.3. The fourth-order valence-corrected chi connectivity index (χ4v) is 8.75. The molecule has 4 aromatic carbocycles. The molecule has 4 aliphatic rings. The average molecular weight is 627 g/mol. The number of carbonyl (C=O) groups excluding carboxylic acids is 1. The summed E-state index contributed by atoms with van der Waals surface area (Å²) in [6.07, 6.45) is 4.57. The van der Waals surface area contributed by atoms with Crippen LogP contribution in [0.2, 0.25) is 0 Å². The lowest BCUT2D eigenvalue weighted by molar-refractivity contribution is 0.0816. The number of hydrogen-bond donors (Lipinski definition) is 1. The van der Waals surface area contributed by atoms with Crippen LogP contribution in [0.5, 0.6) is 5.75 Å². The second kappa shape index (κ2) is 12.7. The van der Waals surface area contributed by atoms with Crippen LogP contribution in [0.1, 0.15) is 69.3 Å². The van der Waals surface area contributed by atoms with Crippen LogP contribution in [-0.4, -0.2) is 73.7 Å². The van der Waals surface area contributed by atoms with E-state index in [9.17, 15) is 9.90 Å². The summed E-state index contributed by atoms with van der Waals surface area (Å²) < 4.78 is 0. The van der Waals surface area contributed by atoms with E-state index in [1.54, 1.807) is 4.90 Å². The first-order valence-electron chi connectivity index (χ1n) is 17.6. The van der Waals surface area contributed by atoms with E-state index in [1.807, 2.05) is 25.2 Å². The molecule has 2 atom stereocenters. The first-order valence-corrected chi connectivity index (χ1v) is 17.6. The molecule has 6 nitrogen and oxygen atoms in total. The Labute approximate surface area is 279 Å². The van der Waals surface area contributed by atoms with Gasteiger partial charge in [-0.3, -0.25) is 9.69 Å². The molecule has 1 N–H and O–H groups in total. The van der Waals surface area contributed by atoms with Crippen molar-refractivity contribution >= 4 is 17.3 Å². The third kappa shape index (κ3) is 6.00. The molecule has 0 saturated carbocycles. The maximum absolute atomic E-state index is 12.3. The third-order valence-corrected chi connectivity index (χ3v) is 11.4. The van der Waals surface area contributed by atoms with Gasteiger partial charge in [0.2, 0.25) is 0 Å². The van der Waals surface area contributed by atoms with Gasteiger partial charge < -0.3 is 19.8 Å². The van der Waals surface area contributed by atoms with Gasteiger partial charge in [-0.2, -0.15) is 0 Å². The van der Waals surface area contributed by atoms with E-state index in [4.69, 9.17) is 0 Å². The van der Waals surface area contributed by atoms with Crippen molar-refractivity contribution < 1.29 is 9.90 Å². The van der Waals surface area contributed by atoms with Gasteiger partial charge in [-0.25, -0.2) is 0 Å². The summed E-state index contributed by atoms with van der Waals surface area (Å²) in [4.78, 5) is 21.8. The van der Waals surface area contributed by atoms with Crippen molar-refractivity contribution in [1.82, 2.24) is 9.80 Å². The summed E-state index contributed by atoms with van der Waals surface area (Å²) in [5.74, 6) is 1.97. The molecular formula is C41H46N4O2. The van der Waals surface area contributed by atoms with Crippen molar-refractivity contribution in [3.8, 4) is 5.75 Å². The summed E-state index contributed by atoms with van der Waals surface area (Å²) >= 11 is 0. The number of rotatable bonds is 6. The Bertz CT molecular complexity index is 1720. The third-order valence-electron chi connectivity index (χ3n) is 11.4. The second-order valence-electron chi connectivity index (χ2n) is 14.2. The van der Waals surface area contributed by atoms with Gasteiger partial charge in [0.1, 0.15) is 5.75 Å². The number of phenols is 1. The first kappa shape index (κ1) is 30.1. The number of amides is 1. The van der Waals surface area contributed by atoms with Gasteiger partial charge in [-0.1, -0.05) is 48.5 Å². The quantitative estimate of drug-likeness (QED) is 0.253. The molecule has 242 valence electrons. The molecule has 0 spiro atoms. The molecule has 2 fully saturated rings. The topological polar surface area (TPSA) is 50.3 Å². The minimum Gasteiger partial charge on any atom is -0.508 e. The number of hydrogen-bond acceptors (Lipinski definition) is 5. The minimum absolute atomic E-state index is 0.143. The zero-order chi connectivity index (χ0) is 31.9. The standard InChI is InChI=1S/C41H46N4O2/c1-42-28-33-25-35(12-15-39(33)41(42)47)45-23-21-43(22-24-45)27-29-17-19-44(20-18-29)34-10-7-31(8-11-34)40-37(30-5-3-2-4-6-30)14-9-32-26-36(46)13-16-38(32)40/h2-8,10-13,15-16,25-26,29,37,40,46H,9,14,17-24,27-28H2,1H3. The molecule has 0 radical (unpaired) electrons. The monoisotopic (exact) mass is 626 g/mol. The van der Waals surface area contributed by atoms with E-state index < -0.39 is 0 Å². The Balaban J connectivity index is 0.872. The van der Waals surface area contributed by atoms with Gasteiger partial charge in [0, 0.05) is 82.3 Å². The van der Waals surface area contributed by atoms with E-state index in [2.05, 4.69) is 87.5 Å². The van der Waals surface area contributed by atoms with Crippen LogP contribution >= 0.6 is 0 Å². The van der Waals surface area contributed by atoms with E-state index in [-0.39, 0.29) is 11.8 Å². The molecule has 1 aliphatic carbocycles. The van der Waals surface area contributed by atoms with Crippen LogP contribution < -0.4 is 9.80 Å². The smallest absolute Gasteiger partial charge is 0.254 e. The molecule has 0 bridgehead atoms. The number of aromatic hydroxyl groups is 1. The van der Waals surface area contributed by atoms with Gasteiger partial charge in [0.05, 0.1) is 0 Å². The van der Waals surface area contributed by atoms with Crippen molar-refractivity contribution in [3.63, 3.8) is 0 Å². The Morgan fingerprint density at radius 1 is 0.702 bits per heavy atom. The summed E-state index contributed by atoms with van der Waals surface area (Å²) in [6, 6.07) is 32.8. The minimum atomic E-state index is 0.143. The zero-order valence-electron chi connectivity index (χ0n) is 27.5. The summed E-state index contributed by atoms with van der Waals surface area (Å²) in [5.41, 5.74) is 10.0. The molecule has 8 rings (SSSR count). The number of piperazine rings is 1. The van der Waals surface area contributed by atoms with Gasteiger partial charge >= 0.3 is 0 Å². The highest BCUT2D eigenvalue weighted by molar-refractivity contribution is 5.98. The lowest BCUT2D eigenvalue weighted by atomic mass is 9.69. The molecule has 0 aromatic heterocycles. The van der Waals surface area contributed by atoms with Crippen LogP contribution in [0.15, 0.2) is 91.0 Å². The predicted octanol–water partition coefficient (Wildman–Crippen LogP) is 6.88. The second-order valence-corrected chi connectivity index (χ2v) is 14.2. The average Bonchev–Trinajstić information content (AvgIpc) is 3.40. The van der Waals surface area contributed by atoms with Gasteiger partial charge in [0.25, 0.3) is 5.91 Å². The highest BCUT2D eigenvalue weighted by Gasteiger charge is 2.33. The summed E-state index contributed by atoms with van der Waals surface area (Å²) in [6.45, 7) is 8.45. The number of benzene rings is 4. The normalized spacial score (nSPS) is 22.0. The van der Waals surface area contributed by atoms with Crippen LogP contribution in [0.4, 0.5) is 11.4 Å². The molecule has 3 aliphatic heterocycles. The fraction of sp³-hybridized carbons (Fsp3) is 0.390. The number of piperidine rings is 1. The van der Waals surface area contributed by atoms with Crippen LogP contribution in [0.25, 0.3) is 0 Å². The highest BCUT2D eigenvalue weighted by atomic mass is 16.3. The molecule has 2 saturated heterocycles. The fourth-order valence-electron chi connectivity index (χ4n) is 8.75. The summed E-state index contributed by atoms with van der Waals surface area (Å²) in [7, 11) is 1.88. The van der Waals surface area contributed by atoms with Crippen LogP contribution in [0.3, 0.4) is 0 Å². The zero-order valence-corrected chi connectivity index (χ0v) is 27.5. The van der Waals surface area contributed by atoms with E-state index in [0.717, 1.165) is 75.7 Å². The Morgan fingerprint density at radius 3 is 2.19 bits per heavy atom. The number of anilines is 2. The van der Waals surface area contributed by atoms with E-state index >= 15 is 0 Å². The Kier molecular flexibility index (Phi) is 8.14. The van der Waals surface area contributed by atoms with E-state index in [1.165, 1.54) is 53.0 Å². The summed E-state index contributed by atoms with van der Waals surface area (Å²) in [5, 5.41) is 10.2. The number of phenolic OH excluding ortho intramolecular Hbond substituents is 1. The number of aryl methyl sites for hydroxylation is 1. The first-order chi connectivity index (χ1) is 23.0. The lowest BCUT2D eigenvalue weighted by Gasteiger charge is -2.40. The van der Waals surface area contributed by atoms with E-state index in [0.29, 0.717) is 11.7 Å². The maximum Gasteiger partial charge on any atom is 0.254 e. The van der Waals surface area contributed by atoms with Crippen LogP contribution in [-0.2, 0) is 13.0 Å². The lowest BCUT2D eigenvalue weighted by Crippen LogP contribution is -2.49. The molecule has 3 heterocycles. The predicted molar refractivity (Wildman–Crippen MR) is 190 cm³/mol. The van der Waals surface area contributed by atoms with Crippen molar-refractivity contribution in [1.29, 1.82) is 0 Å². The molecular weight excluding hydrogens is 580 g/mol. The largest absolute Gasteiger partial charge is 0.508 e. The number of nitrogens with zero attached hydrogens (tertiary/aromatic N) is 4. The van der Waals surface area contributed by atoms with Crippen molar-refractivity contribution in [3.05, 3.63) is 124 Å².